The second-order valence-electron chi connectivity index (χ2n) is 4.68. The van der Waals surface area contributed by atoms with Crippen LogP contribution in [0.2, 0.25) is 0 Å². The molecule has 0 aliphatic carbocycles. The first-order valence-electron chi connectivity index (χ1n) is 6.11. The molecule has 2 aliphatic heterocycles. The van der Waals surface area contributed by atoms with Crippen molar-refractivity contribution in [1.82, 2.24) is 10.0 Å². The maximum absolute atomic E-state index is 12.4. The zero-order valence-electron chi connectivity index (χ0n) is 10.2. The number of carbonyl (C=O) groups is 2. The van der Waals surface area contributed by atoms with Crippen LogP contribution in [0.25, 0.3) is 0 Å². The van der Waals surface area contributed by atoms with E-state index in [1.807, 2.05) is 30.3 Å². The Morgan fingerprint density at radius 1 is 1.17 bits per heavy atom. The van der Waals surface area contributed by atoms with E-state index in [1.54, 1.807) is 17.0 Å². The van der Waals surface area contributed by atoms with Gasteiger partial charge in [-0.05, 0) is 18.6 Å². The van der Waals surface area contributed by atoms with Crippen molar-refractivity contribution < 1.29 is 9.59 Å². The first kappa shape index (κ1) is 11.1. The summed E-state index contributed by atoms with van der Waals surface area (Å²) in [7, 11) is 1.66. The highest BCUT2D eigenvalue weighted by molar-refractivity contribution is 5.96. The SMILES string of the molecule is CN1C(=O)CC2CCN(c3ccccc3)C(=O)N21. The van der Waals surface area contributed by atoms with Crippen molar-refractivity contribution in [3.8, 4) is 0 Å². The molecule has 0 aromatic heterocycles. The molecule has 1 aromatic carbocycles. The van der Waals surface area contributed by atoms with Gasteiger partial charge in [0.25, 0.3) is 0 Å². The average Bonchev–Trinajstić information content (AvgIpc) is 2.67. The van der Waals surface area contributed by atoms with Crippen molar-refractivity contribution in [2.45, 2.75) is 18.9 Å². The Labute approximate surface area is 106 Å². The fourth-order valence-corrected chi connectivity index (χ4v) is 2.64. The second-order valence-corrected chi connectivity index (χ2v) is 4.68. The summed E-state index contributed by atoms with van der Waals surface area (Å²) in [4.78, 5) is 25.8. The van der Waals surface area contributed by atoms with E-state index in [1.165, 1.54) is 5.01 Å². The second kappa shape index (κ2) is 4.01. The summed E-state index contributed by atoms with van der Waals surface area (Å²) < 4.78 is 0. The topological polar surface area (TPSA) is 43.9 Å². The molecule has 0 bridgehead atoms. The van der Waals surface area contributed by atoms with Crippen LogP contribution < -0.4 is 4.90 Å². The molecule has 3 amide bonds. The number of urea groups is 1. The van der Waals surface area contributed by atoms with Gasteiger partial charge >= 0.3 is 6.03 Å². The van der Waals surface area contributed by atoms with E-state index < -0.39 is 0 Å². The number of nitrogens with zero attached hydrogens (tertiary/aromatic N) is 3. The van der Waals surface area contributed by atoms with Gasteiger partial charge in [0.05, 0.1) is 12.5 Å². The quantitative estimate of drug-likeness (QED) is 0.752. The van der Waals surface area contributed by atoms with Crippen LogP contribution >= 0.6 is 0 Å². The van der Waals surface area contributed by atoms with Gasteiger partial charge in [0.2, 0.25) is 5.91 Å². The standard InChI is InChI=1S/C13H15N3O2/c1-14-12(17)9-11-7-8-15(13(18)16(11)14)10-5-3-2-4-6-10/h2-6,11H,7-9H2,1H3. The number of hydrogen-bond donors (Lipinski definition) is 0. The molecular formula is C13H15N3O2. The van der Waals surface area contributed by atoms with Crippen molar-refractivity contribution >= 4 is 17.6 Å². The molecule has 3 rings (SSSR count). The molecule has 18 heavy (non-hydrogen) atoms. The Bertz CT molecular complexity index is 488. The van der Waals surface area contributed by atoms with Gasteiger partial charge in [-0.25, -0.2) is 9.80 Å². The number of hydrazine groups is 1. The number of amides is 3. The first-order valence-corrected chi connectivity index (χ1v) is 6.11. The molecule has 94 valence electrons. The minimum absolute atomic E-state index is 0.0169. The van der Waals surface area contributed by atoms with Gasteiger partial charge in [0.15, 0.2) is 0 Å². The number of fused-ring (bicyclic) bond motifs is 1. The Morgan fingerprint density at radius 3 is 2.61 bits per heavy atom. The summed E-state index contributed by atoms with van der Waals surface area (Å²) in [6.07, 6.45) is 1.28. The molecule has 2 fully saturated rings. The first-order chi connectivity index (χ1) is 8.68. The Hall–Kier alpha value is -2.04. The van der Waals surface area contributed by atoms with E-state index in [4.69, 9.17) is 0 Å². The van der Waals surface area contributed by atoms with Crippen LogP contribution in [-0.2, 0) is 4.79 Å². The molecule has 2 aliphatic rings. The smallest absolute Gasteiger partial charge is 0.293 e. The number of para-hydroxylation sites is 1. The number of carbonyl (C=O) groups excluding carboxylic acids is 2. The molecule has 5 nitrogen and oxygen atoms in total. The van der Waals surface area contributed by atoms with Crippen LogP contribution in [0, 0.1) is 0 Å². The summed E-state index contributed by atoms with van der Waals surface area (Å²) in [6.45, 7) is 0.672. The highest BCUT2D eigenvalue weighted by Crippen LogP contribution is 2.29. The number of anilines is 1. The molecule has 1 unspecified atom stereocenters. The van der Waals surface area contributed by atoms with Crippen molar-refractivity contribution in [3.05, 3.63) is 30.3 Å². The maximum atomic E-state index is 12.4. The fraction of sp³-hybridized carbons (Fsp3) is 0.385. The zero-order valence-corrected chi connectivity index (χ0v) is 10.2. The molecule has 0 radical (unpaired) electrons. The summed E-state index contributed by atoms with van der Waals surface area (Å²) in [6, 6.07) is 9.50. The third kappa shape index (κ3) is 1.54. The van der Waals surface area contributed by atoms with Crippen LogP contribution in [-0.4, -0.2) is 41.6 Å². The van der Waals surface area contributed by atoms with Crippen molar-refractivity contribution in [3.63, 3.8) is 0 Å². The number of hydrogen-bond acceptors (Lipinski definition) is 2. The molecular weight excluding hydrogens is 230 g/mol. The van der Waals surface area contributed by atoms with Crippen molar-refractivity contribution in [1.29, 1.82) is 0 Å². The number of benzene rings is 1. The lowest BCUT2D eigenvalue weighted by Crippen LogP contribution is -2.56. The monoisotopic (exact) mass is 245 g/mol. The molecule has 0 N–H and O–H groups in total. The van der Waals surface area contributed by atoms with Gasteiger partial charge in [0, 0.05) is 19.3 Å². The van der Waals surface area contributed by atoms with Crippen LogP contribution in [0.4, 0.5) is 10.5 Å². The van der Waals surface area contributed by atoms with Crippen LogP contribution in [0.1, 0.15) is 12.8 Å². The predicted molar refractivity (Wildman–Crippen MR) is 66.8 cm³/mol. The molecule has 0 spiro atoms. The van der Waals surface area contributed by atoms with E-state index in [9.17, 15) is 9.59 Å². The van der Waals surface area contributed by atoms with E-state index in [0.717, 1.165) is 12.1 Å². The largest absolute Gasteiger partial charge is 0.343 e. The molecule has 1 aromatic rings. The van der Waals surface area contributed by atoms with E-state index in [2.05, 4.69) is 0 Å². The number of rotatable bonds is 1. The maximum Gasteiger partial charge on any atom is 0.343 e. The summed E-state index contributed by atoms with van der Waals surface area (Å²) >= 11 is 0. The lowest BCUT2D eigenvalue weighted by Gasteiger charge is -2.39. The normalized spacial score (nSPS) is 23.6. The molecule has 5 heteroatoms. The highest BCUT2D eigenvalue weighted by Gasteiger charge is 2.44. The Balaban J connectivity index is 1.89. The lowest BCUT2D eigenvalue weighted by atomic mass is 10.1. The summed E-state index contributed by atoms with van der Waals surface area (Å²) in [5.41, 5.74) is 0.883. The fourth-order valence-electron chi connectivity index (χ4n) is 2.64. The molecule has 2 heterocycles. The van der Waals surface area contributed by atoms with Gasteiger partial charge in [-0.15, -0.1) is 0 Å². The van der Waals surface area contributed by atoms with Gasteiger partial charge in [-0.3, -0.25) is 14.7 Å². The van der Waals surface area contributed by atoms with Crippen molar-refractivity contribution in [2.24, 2.45) is 0 Å². The van der Waals surface area contributed by atoms with E-state index in [0.29, 0.717) is 13.0 Å². The van der Waals surface area contributed by atoms with Crippen LogP contribution in [0.15, 0.2) is 30.3 Å². The average molecular weight is 245 g/mol. The minimum Gasteiger partial charge on any atom is -0.293 e. The summed E-state index contributed by atoms with van der Waals surface area (Å²) in [5.74, 6) is 0.0169. The molecule has 0 saturated carbocycles. The highest BCUT2D eigenvalue weighted by atomic mass is 16.2. The molecule has 1 atom stereocenters. The van der Waals surface area contributed by atoms with Gasteiger partial charge in [0.1, 0.15) is 0 Å². The summed E-state index contributed by atoms with van der Waals surface area (Å²) in [5, 5.41) is 3.03. The van der Waals surface area contributed by atoms with Gasteiger partial charge < -0.3 is 0 Å². The minimum atomic E-state index is -0.106. The third-order valence-corrected chi connectivity index (χ3v) is 3.62. The third-order valence-electron chi connectivity index (χ3n) is 3.62. The Kier molecular flexibility index (Phi) is 2.47. The van der Waals surface area contributed by atoms with Crippen LogP contribution in [0.5, 0.6) is 0 Å². The van der Waals surface area contributed by atoms with Gasteiger partial charge in [-0.1, -0.05) is 18.2 Å². The lowest BCUT2D eigenvalue weighted by molar-refractivity contribution is -0.133. The van der Waals surface area contributed by atoms with E-state index >= 15 is 0 Å². The molecule has 2 saturated heterocycles. The van der Waals surface area contributed by atoms with Gasteiger partial charge in [-0.2, -0.15) is 0 Å². The Morgan fingerprint density at radius 2 is 1.89 bits per heavy atom. The predicted octanol–water partition coefficient (Wildman–Crippen LogP) is 1.46. The zero-order chi connectivity index (χ0) is 12.7. The van der Waals surface area contributed by atoms with E-state index in [-0.39, 0.29) is 18.0 Å². The van der Waals surface area contributed by atoms with Crippen LogP contribution in [0.3, 0.4) is 0 Å². The van der Waals surface area contributed by atoms with Crippen molar-refractivity contribution in [2.75, 3.05) is 18.5 Å².